The van der Waals surface area contributed by atoms with Crippen LogP contribution in [0.25, 0.3) is 0 Å². The molecule has 2 rings (SSSR count). The number of rotatable bonds is 7. The van der Waals surface area contributed by atoms with E-state index in [1.807, 2.05) is 0 Å². The Bertz CT molecular complexity index is 772. The number of ether oxygens (including phenoxy) is 2. The van der Waals surface area contributed by atoms with Gasteiger partial charge >= 0.3 is 5.97 Å². The molecule has 0 unspecified atom stereocenters. The minimum atomic E-state index is -1.00. The van der Waals surface area contributed by atoms with Crippen LogP contribution in [0.3, 0.4) is 0 Å². The number of halogens is 2. The Kier molecular flexibility index (Phi) is 6.36. The van der Waals surface area contributed by atoms with Gasteiger partial charge in [-0.3, -0.25) is 4.79 Å². The van der Waals surface area contributed by atoms with Gasteiger partial charge in [0, 0.05) is 0 Å². The van der Waals surface area contributed by atoms with Crippen molar-refractivity contribution in [2.75, 3.05) is 13.7 Å². The highest BCUT2D eigenvalue weighted by Gasteiger charge is 2.17. The van der Waals surface area contributed by atoms with E-state index in [0.29, 0.717) is 18.5 Å². The van der Waals surface area contributed by atoms with Gasteiger partial charge in [0.25, 0.3) is 0 Å². The second-order valence-electron chi connectivity index (χ2n) is 5.24. The van der Waals surface area contributed by atoms with Crippen LogP contribution < -0.4 is 15.2 Å². The second-order valence-corrected chi connectivity index (χ2v) is 6.06. The van der Waals surface area contributed by atoms with Crippen LogP contribution in [0.5, 0.6) is 23.0 Å². The molecule has 0 radical (unpaired) electrons. The van der Waals surface area contributed by atoms with Crippen LogP contribution in [0.1, 0.15) is 11.1 Å². The van der Waals surface area contributed by atoms with Gasteiger partial charge in [0.15, 0.2) is 17.2 Å². The summed E-state index contributed by atoms with van der Waals surface area (Å²) in [5.74, 6) is -0.754. The van der Waals surface area contributed by atoms with Gasteiger partial charge in [-0.1, -0.05) is 23.2 Å². The van der Waals surface area contributed by atoms with Crippen LogP contribution in [0.4, 0.5) is 0 Å². The lowest BCUT2D eigenvalue weighted by Gasteiger charge is -2.15. The topological polar surface area (TPSA) is 102 Å². The highest BCUT2D eigenvalue weighted by molar-refractivity contribution is 6.37. The van der Waals surface area contributed by atoms with Crippen molar-refractivity contribution in [3.8, 4) is 23.0 Å². The Morgan fingerprint density at radius 2 is 1.72 bits per heavy atom. The van der Waals surface area contributed by atoms with Crippen molar-refractivity contribution in [2.45, 2.75) is 12.8 Å². The minimum absolute atomic E-state index is 0.109. The number of benzene rings is 2. The third-order valence-electron chi connectivity index (χ3n) is 3.38. The summed E-state index contributed by atoms with van der Waals surface area (Å²) < 4.78 is 10.8. The molecule has 0 atom stereocenters. The summed E-state index contributed by atoms with van der Waals surface area (Å²) in [5.41, 5.74) is 6.81. The molecule has 0 heterocycles. The molecule has 0 aliphatic heterocycles. The van der Waals surface area contributed by atoms with Gasteiger partial charge in [0.2, 0.25) is 5.75 Å². The standard InChI is InChI=1S/C17H17Cl2NO5/c1-24-13-6-9(2-3-20)7-14(16(13)23)25-17-11(18)4-10(5-12(17)19)8-15(21)22/h4-7,23H,2-3,8,20H2,1H3,(H,21,22). The first-order valence-electron chi connectivity index (χ1n) is 7.33. The lowest BCUT2D eigenvalue weighted by atomic mass is 10.1. The van der Waals surface area contributed by atoms with Gasteiger partial charge in [-0.05, 0) is 48.4 Å². The van der Waals surface area contributed by atoms with Crippen LogP contribution in [0, 0.1) is 0 Å². The summed E-state index contributed by atoms with van der Waals surface area (Å²) in [4.78, 5) is 10.8. The van der Waals surface area contributed by atoms with Gasteiger partial charge in [-0.2, -0.15) is 0 Å². The number of aliphatic carboxylic acids is 1. The van der Waals surface area contributed by atoms with Crippen molar-refractivity contribution in [1.29, 1.82) is 0 Å². The molecule has 0 aromatic heterocycles. The van der Waals surface area contributed by atoms with E-state index in [4.69, 9.17) is 43.5 Å². The summed E-state index contributed by atoms with van der Waals surface area (Å²) in [6.07, 6.45) is 0.344. The van der Waals surface area contributed by atoms with Gasteiger partial charge in [0.1, 0.15) is 0 Å². The number of phenols is 1. The quantitative estimate of drug-likeness (QED) is 0.672. The molecule has 2 aromatic rings. The maximum absolute atomic E-state index is 10.8. The molecule has 0 amide bonds. The Morgan fingerprint density at radius 3 is 2.24 bits per heavy atom. The summed E-state index contributed by atoms with van der Waals surface area (Å²) in [6, 6.07) is 6.18. The zero-order valence-electron chi connectivity index (χ0n) is 13.4. The van der Waals surface area contributed by atoms with E-state index in [2.05, 4.69) is 0 Å². The fraction of sp³-hybridized carbons (Fsp3) is 0.235. The summed E-state index contributed by atoms with van der Waals surface area (Å²) in [5, 5.41) is 19.4. The molecule has 0 saturated heterocycles. The summed E-state index contributed by atoms with van der Waals surface area (Å²) >= 11 is 12.3. The van der Waals surface area contributed by atoms with Gasteiger partial charge in [0.05, 0.1) is 23.6 Å². The normalized spacial score (nSPS) is 10.6. The van der Waals surface area contributed by atoms with E-state index in [9.17, 15) is 9.90 Å². The van der Waals surface area contributed by atoms with Crippen LogP contribution in [0.2, 0.25) is 10.0 Å². The molecular weight excluding hydrogens is 369 g/mol. The van der Waals surface area contributed by atoms with E-state index in [0.717, 1.165) is 5.56 Å². The zero-order chi connectivity index (χ0) is 18.6. The van der Waals surface area contributed by atoms with Crippen LogP contribution in [-0.4, -0.2) is 29.8 Å². The maximum atomic E-state index is 10.8. The summed E-state index contributed by atoms with van der Waals surface area (Å²) in [6.45, 7) is 0.415. The van der Waals surface area contributed by atoms with Crippen LogP contribution in [0.15, 0.2) is 24.3 Å². The zero-order valence-corrected chi connectivity index (χ0v) is 14.9. The number of hydrogen-bond donors (Lipinski definition) is 3. The molecule has 8 heteroatoms. The average molecular weight is 386 g/mol. The smallest absolute Gasteiger partial charge is 0.307 e. The Hall–Kier alpha value is -2.15. The van der Waals surface area contributed by atoms with Gasteiger partial charge in [-0.15, -0.1) is 0 Å². The Morgan fingerprint density at radius 1 is 1.12 bits per heavy atom. The molecule has 25 heavy (non-hydrogen) atoms. The van der Waals surface area contributed by atoms with Crippen molar-refractivity contribution < 1.29 is 24.5 Å². The highest BCUT2D eigenvalue weighted by atomic mass is 35.5. The maximum Gasteiger partial charge on any atom is 0.307 e. The first kappa shape index (κ1) is 19.2. The monoisotopic (exact) mass is 385 g/mol. The predicted octanol–water partition coefficient (Wildman–Crippen LogP) is 3.63. The fourth-order valence-corrected chi connectivity index (χ4v) is 2.89. The van der Waals surface area contributed by atoms with Crippen molar-refractivity contribution in [2.24, 2.45) is 5.73 Å². The molecule has 0 spiro atoms. The summed E-state index contributed by atoms with van der Waals surface area (Å²) in [7, 11) is 1.42. The molecular formula is C17H17Cl2NO5. The molecule has 6 nitrogen and oxygen atoms in total. The molecule has 0 fully saturated rings. The van der Waals surface area contributed by atoms with Gasteiger partial charge < -0.3 is 25.4 Å². The molecule has 0 aliphatic carbocycles. The predicted molar refractivity (Wildman–Crippen MR) is 95.3 cm³/mol. The third kappa shape index (κ3) is 4.69. The first-order valence-corrected chi connectivity index (χ1v) is 8.08. The number of hydrogen-bond acceptors (Lipinski definition) is 5. The largest absolute Gasteiger partial charge is 0.502 e. The second kappa shape index (κ2) is 8.29. The number of aromatic hydroxyl groups is 1. The minimum Gasteiger partial charge on any atom is -0.502 e. The first-order chi connectivity index (χ1) is 11.8. The van der Waals surface area contributed by atoms with E-state index in [1.165, 1.54) is 19.2 Å². The lowest BCUT2D eigenvalue weighted by Crippen LogP contribution is -2.03. The SMILES string of the molecule is COc1cc(CCN)cc(Oc2c(Cl)cc(CC(=O)O)cc2Cl)c1O. The number of phenolic OH excluding ortho intramolecular Hbond substituents is 1. The number of carboxylic acid groups (broad SMARTS) is 1. The molecule has 2 aromatic carbocycles. The van der Waals surface area contributed by atoms with E-state index in [1.54, 1.807) is 12.1 Å². The Balaban J connectivity index is 2.42. The highest BCUT2D eigenvalue weighted by Crippen LogP contribution is 2.44. The molecule has 0 saturated carbocycles. The molecule has 0 bridgehead atoms. The number of carboxylic acids is 1. The van der Waals surface area contributed by atoms with Crippen molar-refractivity contribution in [1.82, 2.24) is 0 Å². The number of nitrogens with two attached hydrogens (primary N) is 1. The van der Waals surface area contributed by atoms with Crippen LogP contribution >= 0.6 is 23.2 Å². The fourth-order valence-electron chi connectivity index (χ4n) is 2.28. The van der Waals surface area contributed by atoms with Crippen molar-refractivity contribution in [3.05, 3.63) is 45.4 Å². The third-order valence-corrected chi connectivity index (χ3v) is 3.94. The molecule has 4 N–H and O–H groups in total. The number of methoxy groups -OCH3 is 1. The number of carbonyl (C=O) groups is 1. The Labute approximate surface area is 154 Å². The van der Waals surface area contributed by atoms with E-state index in [-0.39, 0.29) is 39.5 Å². The lowest BCUT2D eigenvalue weighted by molar-refractivity contribution is -0.136. The van der Waals surface area contributed by atoms with Gasteiger partial charge in [-0.25, -0.2) is 0 Å². The van der Waals surface area contributed by atoms with Crippen LogP contribution in [-0.2, 0) is 17.6 Å². The van der Waals surface area contributed by atoms with E-state index >= 15 is 0 Å². The molecule has 0 aliphatic rings. The average Bonchev–Trinajstić information content (AvgIpc) is 2.53. The molecule has 134 valence electrons. The van der Waals surface area contributed by atoms with Crippen molar-refractivity contribution >= 4 is 29.2 Å². The van der Waals surface area contributed by atoms with Crippen molar-refractivity contribution in [3.63, 3.8) is 0 Å². The van der Waals surface area contributed by atoms with E-state index < -0.39 is 5.97 Å².